The van der Waals surface area contributed by atoms with Crippen molar-refractivity contribution < 1.29 is 59.3 Å². The molecule has 1 aliphatic carbocycles. The van der Waals surface area contributed by atoms with Crippen molar-refractivity contribution in [2.45, 2.75) is 62.7 Å². The highest BCUT2D eigenvalue weighted by atomic mass is 19.4. The van der Waals surface area contributed by atoms with Crippen LogP contribution in [0.3, 0.4) is 0 Å². The zero-order valence-electron chi connectivity index (χ0n) is 21.0. The molecule has 2 aliphatic rings. The van der Waals surface area contributed by atoms with E-state index in [1.54, 1.807) is 0 Å². The predicted molar refractivity (Wildman–Crippen MR) is 127 cm³/mol. The summed E-state index contributed by atoms with van der Waals surface area (Å²) in [5.41, 5.74) is 14.0. The summed E-state index contributed by atoms with van der Waals surface area (Å²) >= 11 is 0. The molecule has 3 atom stereocenters. The Morgan fingerprint density at radius 1 is 0.850 bits per heavy atom. The van der Waals surface area contributed by atoms with Crippen LogP contribution in [0.25, 0.3) is 0 Å². The highest BCUT2D eigenvalue weighted by Gasteiger charge is 2.41. The topological polar surface area (TPSA) is 142 Å². The zero-order chi connectivity index (χ0) is 30.9. The number of carboxylic acids is 2. The van der Waals surface area contributed by atoms with Gasteiger partial charge in [-0.3, -0.25) is 0 Å². The fourth-order valence-electron chi connectivity index (χ4n) is 4.14. The number of piperidine rings is 1. The number of nitrogens with one attached hydrogen (secondary N) is 1. The molecule has 1 heterocycles. The summed E-state index contributed by atoms with van der Waals surface area (Å²) in [6.07, 6.45) is -10.8. The smallest absolute Gasteiger partial charge is 0.475 e. The Morgan fingerprint density at radius 2 is 1.30 bits per heavy atom. The minimum absolute atomic E-state index is 0.0957. The van der Waals surface area contributed by atoms with Gasteiger partial charge in [-0.25, -0.2) is 9.59 Å². The van der Waals surface area contributed by atoms with Gasteiger partial charge in [-0.05, 0) is 68.8 Å². The first-order valence-corrected chi connectivity index (χ1v) is 12.0. The van der Waals surface area contributed by atoms with E-state index in [4.69, 9.17) is 31.3 Å². The molecule has 1 aliphatic heterocycles. The van der Waals surface area contributed by atoms with Crippen LogP contribution in [-0.4, -0.2) is 72.4 Å². The van der Waals surface area contributed by atoms with E-state index >= 15 is 0 Å². The number of carbonyl (C=O) groups is 2. The van der Waals surface area contributed by atoms with Gasteiger partial charge < -0.3 is 31.9 Å². The molecule has 40 heavy (non-hydrogen) atoms. The molecular formula is C23H31F9N4O4. The molecule has 1 saturated heterocycles. The highest BCUT2D eigenvalue weighted by Crippen LogP contribution is 2.35. The van der Waals surface area contributed by atoms with E-state index in [-0.39, 0.29) is 24.9 Å². The largest absolute Gasteiger partial charge is 0.490 e. The average Bonchev–Trinajstić information content (AvgIpc) is 2.85. The SMILES string of the molecule is NC[C@@H]1CCC(Nc2ccc(N3CCC(C(F)(F)F)CC3)cc2)[C@@H](N)C1.O=C(O)C(F)(F)F.O=C(O)C(F)(F)F. The summed E-state index contributed by atoms with van der Waals surface area (Å²) in [7, 11) is 0. The fraction of sp³-hybridized carbons (Fsp3) is 0.652. The minimum atomic E-state index is -5.08. The van der Waals surface area contributed by atoms with E-state index in [0.717, 1.165) is 30.6 Å². The molecule has 0 amide bonds. The van der Waals surface area contributed by atoms with Crippen LogP contribution in [0.15, 0.2) is 24.3 Å². The number of alkyl halides is 9. The molecule has 2 fully saturated rings. The summed E-state index contributed by atoms with van der Waals surface area (Å²) in [6, 6.07) is 8.28. The molecule has 1 unspecified atom stereocenters. The maximum atomic E-state index is 12.8. The van der Waals surface area contributed by atoms with Gasteiger partial charge in [0.25, 0.3) is 0 Å². The van der Waals surface area contributed by atoms with Gasteiger partial charge in [-0.15, -0.1) is 0 Å². The number of halogens is 9. The molecule has 1 aromatic rings. The lowest BCUT2D eigenvalue weighted by atomic mass is 9.82. The van der Waals surface area contributed by atoms with Gasteiger partial charge in [0.05, 0.1) is 5.92 Å². The lowest BCUT2D eigenvalue weighted by molar-refractivity contribution is -0.193. The molecule has 0 spiro atoms. The Balaban J connectivity index is 0.000000473. The van der Waals surface area contributed by atoms with Crippen molar-refractivity contribution in [3.63, 3.8) is 0 Å². The number of benzene rings is 1. The van der Waals surface area contributed by atoms with Crippen molar-refractivity contribution >= 4 is 23.3 Å². The van der Waals surface area contributed by atoms with Gasteiger partial charge in [-0.1, -0.05) is 0 Å². The summed E-state index contributed by atoms with van der Waals surface area (Å²) in [6.45, 7) is 1.59. The third kappa shape index (κ3) is 12.1. The molecule has 7 N–H and O–H groups in total. The van der Waals surface area contributed by atoms with Gasteiger partial charge >= 0.3 is 30.5 Å². The Labute approximate surface area is 223 Å². The van der Waals surface area contributed by atoms with Crippen LogP contribution < -0.4 is 21.7 Å². The summed E-state index contributed by atoms with van der Waals surface area (Å²) in [5.74, 6) is -6.16. The maximum Gasteiger partial charge on any atom is 0.490 e. The van der Waals surface area contributed by atoms with Crippen molar-refractivity contribution in [3.05, 3.63) is 24.3 Å². The van der Waals surface area contributed by atoms with Gasteiger partial charge in [0.2, 0.25) is 0 Å². The number of hydrogen-bond donors (Lipinski definition) is 5. The van der Waals surface area contributed by atoms with Crippen molar-refractivity contribution in [2.24, 2.45) is 23.3 Å². The van der Waals surface area contributed by atoms with E-state index in [0.29, 0.717) is 25.6 Å². The van der Waals surface area contributed by atoms with Gasteiger partial charge in [0.1, 0.15) is 0 Å². The molecule has 0 radical (unpaired) electrons. The fourth-order valence-corrected chi connectivity index (χ4v) is 4.14. The normalized spacial score (nSPS) is 22.3. The highest BCUT2D eigenvalue weighted by molar-refractivity contribution is 5.73. The van der Waals surface area contributed by atoms with E-state index in [1.807, 2.05) is 29.2 Å². The van der Waals surface area contributed by atoms with Crippen LogP contribution >= 0.6 is 0 Å². The van der Waals surface area contributed by atoms with Crippen molar-refractivity contribution in [2.75, 3.05) is 29.9 Å². The monoisotopic (exact) mass is 598 g/mol. The molecule has 230 valence electrons. The molecule has 8 nitrogen and oxygen atoms in total. The first-order valence-electron chi connectivity index (χ1n) is 12.0. The van der Waals surface area contributed by atoms with Gasteiger partial charge in [-0.2, -0.15) is 39.5 Å². The Kier molecular flexibility index (Phi) is 12.8. The van der Waals surface area contributed by atoms with E-state index in [1.165, 1.54) is 0 Å². The molecule has 1 aromatic carbocycles. The van der Waals surface area contributed by atoms with E-state index in [9.17, 15) is 39.5 Å². The second-order valence-corrected chi connectivity index (χ2v) is 9.29. The van der Waals surface area contributed by atoms with Gasteiger partial charge in [0, 0.05) is 36.5 Å². The zero-order valence-corrected chi connectivity index (χ0v) is 21.0. The molecule has 1 saturated carbocycles. The number of carboxylic acid groups (broad SMARTS) is 2. The van der Waals surface area contributed by atoms with Crippen LogP contribution in [0.5, 0.6) is 0 Å². The Morgan fingerprint density at radius 3 is 1.65 bits per heavy atom. The number of rotatable bonds is 4. The van der Waals surface area contributed by atoms with Crippen LogP contribution in [0.4, 0.5) is 50.9 Å². The molecule has 0 aromatic heterocycles. The Hall–Kier alpha value is -2.95. The first-order chi connectivity index (χ1) is 18.3. The summed E-state index contributed by atoms with van der Waals surface area (Å²) in [4.78, 5) is 19.8. The predicted octanol–water partition coefficient (Wildman–Crippen LogP) is 4.60. The van der Waals surface area contributed by atoms with Crippen LogP contribution in [0, 0.1) is 11.8 Å². The number of nitrogens with zero attached hydrogens (tertiary/aromatic N) is 1. The summed E-state index contributed by atoms with van der Waals surface area (Å²) < 4.78 is 102. The van der Waals surface area contributed by atoms with Crippen molar-refractivity contribution in [1.82, 2.24) is 0 Å². The standard InChI is InChI=1S/C19H29F3N4.2C2HF3O2/c20-19(21,22)14-7-9-26(10-8-14)16-4-2-15(3-5-16)25-18-6-1-13(12-23)11-17(18)24;2*3-2(4,5)1(6)7/h2-5,13-14,17-18,25H,1,6-12,23-24H2;2*(H,6,7)/t13-,17+,18?;;/m1../s1. The van der Waals surface area contributed by atoms with Gasteiger partial charge in [0.15, 0.2) is 0 Å². The van der Waals surface area contributed by atoms with Crippen LogP contribution in [-0.2, 0) is 9.59 Å². The lowest BCUT2D eigenvalue weighted by Gasteiger charge is -2.35. The second-order valence-electron chi connectivity index (χ2n) is 9.29. The van der Waals surface area contributed by atoms with Crippen LogP contribution in [0.2, 0.25) is 0 Å². The summed E-state index contributed by atoms with van der Waals surface area (Å²) in [5, 5.41) is 17.7. The minimum Gasteiger partial charge on any atom is -0.475 e. The van der Waals surface area contributed by atoms with Crippen molar-refractivity contribution in [3.8, 4) is 0 Å². The van der Waals surface area contributed by atoms with E-state index < -0.39 is 36.4 Å². The number of hydrogen-bond acceptors (Lipinski definition) is 6. The molecule has 17 heteroatoms. The third-order valence-corrected chi connectivity index (χ3v) is 6.37. The Bertz CT molecular complexity index is 908. The first kappa shape index (κ1) is 35.1. The number of nitrogens with two attached hydrogens (primary N) is 2. The molecule has 3 rings (SSSR count). The lowest BCUT2D eigenvalue weighted by Crippen LogP contribution is -2.46. The average molecular weight is 599 g/mol. The molecule has 0 bridgehead atoms. The third-order valence-electron chi connectivity index (χ3n) is 6.37. The quantitative estimate of drug-likeness (QED) is 0.317. The number of anilines is 2. The second kappa shape index (κ2) is 14.6. The molecular weight excluding hydrogens is 567 g/mol. The maximum absolute atomic E-state index is 12.8. The van der Waals surface area contributed by atoms with Crippen molar-refractivity contribution in [1.29, 1.82) is 0 Å². The van der Waals surface area contributed by atoms with Crippen LogP contribution in [0.1, 0.15) is 32.1 Å². The van der Waals surface area contributed by atoms with E-state index in [2.05, 4.69) is 5.32 Å². The number of aliphatic carboxylic acids is 2.